The van der Waals surface area contributed by atoms with Gasteiger partial charge in [0.15, 0.2) is 0 Å². The predicted octanol–water partition coefficient (Wildman–Crippen LogP) is 4.06. The fourth-order valence-electron chi connectivity index (χ4n) is 2.37. The van der Waals surface area contributed by atoms with Crippen LogP contribution in [0.1, 0.15) is 41.8 Å². The van der Waals surface area contributed by atoms with Crippen LogP contribution in [-0.4, -0.2) is 19.6 Å². The summed E-state index contributed by atoms with van der Waals surface area (Å²) >= 11 is 0. The summed E-state index contributed by atoms with van der Waals surface area (Å²) in [6.07, 6.45) is 1.83. The Balaban J connectivity index is 1.94. The van der Waals surface area contributed by atoms with E-state index in [1.54, 1.807) is 7.11 Å². The van der Waals surface area contributed by atoms with E-state index in [1.165, 1.54) is 11.1 Å². The van der Waals surface area contributed by atoms with Crippen LogP contribution in [0.25, 0.3) is 0 Å². The summed E-state index contributed by atoms with van der Waals surface area (Å²) in [7, 11) is 1.67. The normalized spacial score (nSPS) is 10.6. The van der Waals surface area contributed by atoms with Crippen LogP contribution in [0.3, 0.4) is 0 Å². The fraction of sp³-hybridized carbons (Fsp3) is 0.350. The molecule has 0 saturated heterocycles. The molecule has 2 aromatic carbocycles. The predicted molar refractivity (Wildman–Crippen MR) is 94.0 cm³/mol. The number of amides is 1. The average Bonchev–Trinajstić information content (AvgIpc) is 2.55. The Morgan fingerprint density at radius 1 is 1.09 bits per heavy atom. The van der Waals surface area contributed by atoms with Gasteiger partial charge in [-0.2, -0.15) is 0 Å². The Bertz CT molecular complexity index is 632. The molecule has 0 radical (unpaired) electrons. The Labute approximate surface area is 138 Å². The molecule has 0 unspecified atom stereocenters. The van der Waals surface area contributed by atoms with Crippen molar-refractivity contribution >= 4 is 5.91 Å². The van der Waals surface area contributed by atoms with E-state index >= 15 is 0 Å². The minimum atomic E-state index is -0.00131. The van der Waals surface area contributed by atoms with Gasteiger partial charge in [-0.1, -0.05) is 38.1 Å². The molecule has 0 aromatic heterocycles. The van der Waals surface area contributed by atoms with Crippen LogP contribution in [-0.2, 0) is 6.42 Å². The van der Waals surface area contributed by atoms with Crippen molar-refractivity contribution in [2.75, 3.05) is 13.7 Å². The summed E-state index contributed by atoms with van der Waals surface area (Å²) < 4.78 is 5.24. The standard InChI is InChI=1S/C20H25NO2/c1-15(2)11-12-21-20(22)18-9-7-16(8-10-18)13-17-5-4-6-19(14-17)23-3/h4-10,14-15H,11-13H2,1-3H3,(H,21,22). The third-order valence-corrected chi connectivity index (χ3v) is 3.77. The molecule has 0 heterocycles. The van der Waals surface area contributed by atoms with Crippen LogP contribution >= 0.6 is 0 Å². The Kier molecular flexibility index (Phi) is 6.21. The van der Waals surface area contributed by atoms with E-state index in [4.69, 9.17) is 4.74 Å². The van der Waals surface area contributed by atoms with E-state index in [9.17, 15) is 4.79 Å². The highest BCUT2D eigenvalue weighted by atomic mass is 16.5. The van der Waals surface area contributed by atoms with Crippen LogP contribution < -0.4 is 10.1 Å². The maximum atomic E-state index is 12.1. The van der Waals surface area contributed by atoms with E-state index in [2.05, 4.69) is 25.2 Å². The van der Waals surface area contributed by atoms with Gasteiger partial charge in [-0.3, -0.25) is 4.79 Å². The number of hydrogen-bond donors (Lipinski definition) is 1. The van der Waals surface area contributed by atoms with Gasteiger partial charge < -0.3 is 10.1 Å². The van der Waals surface area contributed by atoms with Crippen molar-refractivity contribution in [1.82, 2.24) is 5.32 Å². The molecular formula is C20H25NO2. The van der Waals surface area contributed by atoms with Crippen LogP contribution in [0.4, 0.5) is 0 Å². The molecule has 0 saturated carbocycles. The third kappa shape index (κ3) is 5.44. The number of carbonyl (C=O) groups is 1. The lowest BCUT2D eigenvalue weighted by Crippen LogP contribution is -2.25. The number of benzene rings is 2. The highest BCUT2D eigenvalue weighted by molar-refractivity contribution is 5.94. The number of hydrogen-bond acceptors (Lipinski definition) is 2. The maximum absolute atomic E-state index is 12.1. The van der Waals surface area contributed by atoms with Crippen molar-refractivity contribution in [1.29, 1.82) is 0 Å². The van der Waals surface area contributed by atoms with Crippen molar-refractivity contribution in [2.24, 2.45) is 5.92 Å². The molecule has 23 heavy (non-hydrogen) atoms. The van der Waals surface area contributed by atoms with Crippen molar-refractivity contribution < 1.29 is 9.53 Å². The summed E-state index contributed by atoms with van der Waals surface area (Å²) in [5, 5.41) is 2.96. The molecule has 0 fully saturated rings. The van der Waals surface area contributed by atoms with Gasteiger partial charge in [0.1, 0.15) is 5.75 Å². The lowest BCUT2D eigenvalue weighted by atomic mass is 10.0. The summed E-state index contributed by atoms with van der Waals surface area (Å²) in [4.78, 5) is 12.1. The van der Waals surface area contributed by atoms with Gasteiger partial charge in [-0.15, -0.1) is 0 Å². The van der Waals surface area contributed by atoms with E-state index in [0.717, 1.165) is 25.1 Å². The van der Waals surface area contributed by atoms with Gasteiger partial charge in [-0.05, 0) is 54.2 Å². The first-order valence-corrected chi connectivity index (χ1v) is 8.08. The van der Waals surface area contributed by atoms with Crippen LogP contribution in [0.15, 0.2) is 48.5 Å². The highest BCUT2D eigenvalue weighted by Gasteiger charge is 2.06. The van der Waals surface area contributed by atoms with Crippen LogP contribution in [0.2, 0.25) is 0 Å². The van der Waals surface area contributed by atoms with Crippen LogP contribution in [0.5, 0.6) is 5.75 Å². The van der Waals surface area contributed by atoms with Crippen molar-refractivity contribution in [3.8, 4) is 5.75 Å². The summed E-state index contributed by atoms with van der Waals surface area (Å²) in [6.45, 7) is 5.03. The van der Waals surface area contributed by atoms with Crippen molar-refractivity contribution in [3.05, 3.63) is 65.2 Å². The summed E-state index contributed by atoms with van der Waals surface area (Å²) in [6, 6.07) is 15.8. The zero-order valence-corrected chi connectivity index (χ0v) is 14.1. The number of rotatable bonds is 7. The second kappa shape index (κ2) is 8.37. The van der Waals surface area contributed by atoms with Gasteiger partial charge in [0.25, 0.3) is 5.91 Å². The molecule has 122 valence electrons. The van der Waals surface area contributed by atoms with Gasteiger partial charge in [0.2, 0.25) is 0 Å². The van der Waals surface area contributed by atoms with Crippen LogP contribution in [0, 0.1) is 5.92 Å². The van der Waals surface area contributed by atoms with Gasteiger partial charge in [0.05, 0.1) is 7.11 Å². The van der Waals surface area contributed by atoms with E-state index < -0.39 is 0 Å². The molecule has 0 spiro atoms. The topological polar surface area (TPSA) is 38.3 Å². The monoisotopic (exact) mass is 311 g/mol. The van der Waals surface area contributed by atoms with Gasteiger partial charge in [0, 0.05) is 12.1 Å². The zero-order chi connectivity index (χ0) is 16.7. The average molecular weight is 311 g/mol. The largest absolute Gasteiger partial charge is 0.497 e. The summed E-state index contributed by atoms with van der Waals surface area (Å²) in [5.74, 6) is 1.46. The lowest BCUT2D eigenvalue weighted by molar-refractivity contribution is 0.0952. The molecule has 2 aromatic rings. The zero-order valence-electron chi connectivity index (χ0n) is 14.1. The molecular weight excluding hydrogens is 286 g/mol. The highest BCUT2D eigenvalue weighted by Crippen LogP contribution is 2.16. The first-order valence-electron chi connectivity index (χ1n) is 8.08. The number of carbonyl (C=O) groups excluding carboxylic acids is 1. The third-order valence-electron chi connectivity index (χ3n) is 3.77. The second-order valence-electron chi connectivity index (χ2n) is 6.16. The first kappa shape index (κ1) is 17.1. The van der Waals surface area contributed by atoms with E-state index in [0.29, 0.717) is 11.5 Å². The smallest absolute Gasteiger partial charge is 0.251 e. The Morgan fingerprint density at radius 2 is 1.83 bits per heavy atom. The lowest BCUT2D eigenvalue weighted by Gasteiger charge is -2.08. The molecule has 0 aliphatic carbocycles. The maximum Gasteiger partial charge on any atom is 0.251 e. The first-order chi connectivity index (χ1) is 11.1. The van der Waals surface area contributed by atoms with E-state index in [1.807, 2.05) is 42.5 Å². The molecule has 0 atom stereocenters. The fourth-order valence-corrected chi connectivity index (χ4v) is 2.37. The molecule has 3 heteroatoms. The minimum absolute atomic E-state index is 0.00131. The van der Waals surface area contributed by atoms with Gasteiger partial charge in [-0.25, -0.2) is 0 Å². The molecule has 0 bridgehead atoms. The van der Waals surface area contributed by atoms with E-state index in [-0.39, 0.29) is 5.91 Å². The molecule has 1 N–H and O–H groups in total. The number of nitrogens with one attached hydrogen (secondary N) is 1. The quantitative estimate of drug-likeness (QED) is 0.837. The molecule has 2 rings (SSSR count). The molecule has 3 nitrogen and oxygen atoms in total. The Morgan fingerprint density at radius 3 is 2.48 bits per heavy atom. The Hall–Kier alpha value is -2.29. The number of methoxy groups -OCH3 is 1. The molecule has 0 aliphatic rings. The number of ether oxygens (including phenoxy) is 1. The minimum Gasteiger partial charge on any atom is -0.497 e. The second-order valence-corrected chi connectivity index (χ2v) is 6.16. The molecule has 1 amide bonds. The van der Waals surface area contributed by atoms with Crippen molar-refractivity contribution in [2.45, 2.75) is 26.7 Å². The SMILES string of the molecule is COc1cccc(Cc2ccc(C(=O)NCCC(C)C)cc2)c1. The summed E-state index contributed by atoms with van der Waals surface area (Å²) in [5.41, 5.74) is 3.08. The van der Waals surface area contributed by atoms with Crippen molar-refractivity contribution in [3.63, 3.8) is 0 Å². The van der Waals surface area contributed by atoms with Gasteiger partial charge >= 0.3 is 0 Å². The molecule has 0 aliphatic heterocycles.